The van der Waals surface area contributed by atoms with Gasteiger partial charge in [0.05, 0.1) is 6.42 Å². The van der Waals surface area contributed by atoms with Gasteiger partial charge in [-0.1, -0.05) is 32.6 Å². The van der Waals surface area contributed by atoms with Crippen molar-refractivity contribution in [3.8, 4) is 0 Å². The van der Waals surface area contributed by atoms with Crippen LogP contribution < -0.4 is 5.32 Å². The van der Waals surface area contributed by atoms with Crippen molar-refractivity contribution in [2.75, 3.05) is 19.6 Å². The number of carboxylic acids is 1. The topological polar surface area (TPSA) is 52.6 Å². The van der Waals surface area contributed by atoms with Crippen molar-refractivity contribution in [3.63, 3.8) is 0 Å². The van der Waals surface area contributed by atoms with Crippen LogP contribution in [0.25, 0.3) is 0 Å². The maximum atomic E-state index is 10.7. The van der Waals surface area contributed by atoms with Gasteiger partial charge >= 0.3 is 5.97 Å². The zero-order valence-electron chi connectivity index (χ0n) is 12.8. The molecule has 2 aliphatic rings. The second kappa shape index (κ2) is 7.99. The smallest absolute Gasteiger partial charge is 0.304 e. The van der Waals surface area contributed by atoms with Gasteiger partial charge in [0.2, 0.25) is 0 Å². The molecule has 1 aliphatic carbocycles. The van der Waals surface area contributed by atoms with E-state index in [1.807, 2.05) is 0 Å². The fraction of sp³-hybridized carbons (Fsp3) is 0.938. The molecule has 2 fully saturated rings. The maximum absolute atomic E-state index is 10.7. The molecule has 0 amide bonds. The first-order chi connectivity index (χ1) is 9.67. The molecule has 2 N–H and O–H groups in total. The molecule has 1 heterocycles. The quantitative estimate of drug-likeness (QED) is 0.786. The lowest BCUT2D eigenvalue weighted by Gasteiger charge is -2.40. The Labute approximate surface area is 122 Å². The molecule has 1 saturated carbocycles. The van der Waals surface area contributed by atoms with E-state index in [9.17, 15) is 4.79 Å². The Morgan fingerprint density at radius 1 is 1.20 bits per heavy atom. The SMILES string of the molecule is CCC1CC(NC2CCCCC2)CN(CCC(=O)O)C1. The number of piperidine rings is 1. The first kappa shape index (κ1) is 15.8. The highest BCUT2D eigenvalue weighted by Gasteiger charge is 2.28. The summed E-state index contributed by atoms with van der Waals surface area (Å²) in [5.74, 6) is 0.0408. The van der Waals surface area contributed by atoms with Crippen LogP contribution in [0.3, 0.4) is 0 Å². The van der Waals surface area contributed by atoms with Gasteiger partial charge in [0, 0.05) is 31.7 Å². The van der Waals surface area contributed by atoms with Crippen molar-refractivity contribution in [1.82, 2.24) is 10.2 Å². The summed E-state index contributed by atoms with van der Waals surface area (Å²) in [5, 5.41) is 12.7. The minimum absolute atomic E-state index is 0.270. The van der Waals surface area contributed by atoms with Gasteiger partial charge in [0.25, 0.3) is 0 Å². The molecule has 116 valence electrons. The number of nitrogens with zero attached hydrogens (tertiary/aromatic N) is 1. The molecule has 2 rings (SSSR count). The third kappa shape index (κ3) is 5.06. The maximum Gasteiger partial charge on any atom is 0.304 e. The van der Waals surface area contributed by atoms with Crippen molar-refractivity contribution in [3.05, 3.63) is 0 Å². The molecule has 4 nitrogen and oxygen atoms in total. The van der Waals surface area contributed by atoms with Gasteiger partial charge in [-0.25, -0.2) is 0 Å². The Kier molecular flexibility index (Phi) is 6.30. The highest BCUT2D eigenvalue weighted by atomic mass is 16.4. The largest absolute Gasteiger partial charge is 0.481 e. The van der Waals surface area contributed by atoms with Gasteiger partial charge in [0.15, 0.2) is 0 Å². The van der Waals surface area contributed by atoms with Crippen LogP contribution >= 0.6 is 0 Å². The van der Waals surface area contributed by atoms with E-state index < -0.39 is 5.97 Å². The molecule has 1 saturated heterocycles. The number of rotatable bonds is 6. The molecule has 0 radical (unpaired) electrons. The average Bonchev–Trinajstić information content (AvgIpc) is 2.46. The summed E-state index contributed by atoms with van der Waals surface area (Å²) in [5.41, 5.74) is 0. The van der Waals surface area contributed by atoms with Crippen LogP contribution in [0.2, 0.25) is 0 Å². The minimum atomic E-state index is -0.680. The van der Waals surface area contributed by atoms with Gasteiger partial charge in [-0.15, -0.1) is 0 Å². The number of nitrogens with one attached hydrogen (secondary N) is 1. The van der Waals surface area contributed by atoms with Crippen LogP contribution in [0.5, 0.6) is 0 Å². The molecule has 0 aromatic rings. The highest BCUT2D eigenvalue weighted by molar-refractivity contribution is 5.66. The van der Waals surface area contributed by atoms with Gasteiger partial charge in [-0.3, -0.25) is 4.79 Å². The van der Waals surface area contributed by atoms with E-state index in [0.717, 1.165) is 19.0 Å². The summed E-state index contributed by atoms with van der Waals surface area (Å²) in [4.78, 5) is 13.1. The van der Waals surface area contributed by atoms with Crippen LogP contribution in [0.15, 0.2) is 0 Å². The van der Waals surface area contributed by atoms with E-state index in [2.05, 4.69) is 17.1 Å². The van der Waals surface area contributed by atoms with Crippen LogP contribution in [-0.2, 0) is 4.79 Å². The fourth-order valence-corrected chi connectivity index (χ4v) is 3.76. The zero-order valence-corrected chi connectivity index (χ0v) is 12.8. The van der Waals surface area contributed by atoms with Crippen molar-refractivity contribution >= 4 is 5.97 Å². The monoisotopic (exact) mass is 282 g/mol. The first-order valence-electron chi connectivity index (χ1n) is 8.37. The lowest BCUT2D eigenvalue weighted by atomic mass is 9.89. The third-order valence-corrected chi connectivity index (χ3v) is 4.91. The van der Waals surface area contributed by atoms with Gasteiger partial charge in [-0.2, -0.15) is 0 Å². The van der Waals surface area contributed by atoms with Crippen LogP contribution in [-0.4, -0.2) is 47.7 Å². The van der Waals surface area contributed by atoms with Crippen molar-refractivity contribution in [2.24, 2.45) is 5.92 Å². The predicted molar refractivity (Wildman–Crippen MR) is 80.9 cm³/mol. The Balaban J connectivity index is 1.82. The molecular formula is C16H30N2O2. The lowest BCUT2D eigenvalue weighted by Crippen LogP contribution is -2.52. The minimum Gasteiger partial charge on any atom is -0.481 e. The van der Waals surface area contributed by atoms with E-state index >= 15 is 0 Å². The summed E-state index contributed by atoms with van der Waals surface area (Å²) >= 11 is 0. The summed E-state index contributed by atoms with van der Waals surface area (Å²) in [7, 11) is 0. The average molecular weight is 282 g/mol. The van der Waals surface area contributed by atoms with E-state index in [4.69, 9.17) is 5.11 Å². The van der Waals surface area contributed by atoms with Crippen molar-refractivity contribution in [2.45, 2.75) is 70.4 Å². The predicted octanol–water partition coefficient (Wildman–Crippen LogP) is 2.48. The molecule has 4 heteroatoms. The lowest BCUT2D eigenvalue weighted by molar-refractivity contribution is -0.137. The zero-order chi connectivity index (χ0) is 14.4. The molecule has 2 unspecified atom stereocenters. The number of aliphatic carboxylic acids is 1. The molecule has 0 spiro atoms. The normalized spacial score (nSPS) is 29.4. The molecule has 0 aromatic carbocycles. The molecule has 1 aliphatic heterocycles. The third-order valence-electron chi connectivity index (χ3n) is 4.91. The highest BCUT2D eigenvalue weighted by Crippen LogP contribution is 2.23. The van der Waals surface area contributed by atoms with Crippen LogP contribution in [0, 0.1) is 5.92 Å². The second-order valence-corrected chi connectivity index (χ2v) is 6.61. The van der Waals surface area contributed by atoms with Crippen molar-refractivity contribution in [1.29, 1.82) is 0 Å². The van der Waals surface area contributed by atoms with E-state index in [1.54, 1.807) is 0 Å². The van der Waals surface area contributed by atoms with E-state index in [-0.39, 0.29) is 6.42 Å². The van der Waals surface area contributed by atoms with E-state index in [0.29, 0.717) is 18.6 Å². The number of hydrogen-bond donors (Lipinski definition) is 2. The second-order valence-electron chi connectivity index (χ2n) is 6.61. The van der Waals surface area contributed by atoms with E-state index in [1.165, 1.54) is 44.9 Å². The van der Waals surface area contributed by atoms with Crippen molar-refractivity contribution < 1.29 is 9.90 Å². The van der Waals surface area contributed by atoms with Gasteiger partial charge < -0.3 is 15.3 Å². The Hall–Kier alpha value is -0.610. The number of likely N-dealkylation sites (tertiary alicyclic amines) is 1. The van der Waals surface area contributed by atoms with Crippen LogP contribution in [0.4, 0.5) is 0 Å². The Morgan fingerprint density at radius 3 is 2.60 bits per heavy atom. The standard InChI is InChI=1S/C16H30N2O2/c1-2-13-10-15(17-14-6-4-3-5-7-14)12-18(11-13)9-8-16(19)20/h13-15,17H,2-12H2,1H3,(H,19,20). The summed E-state index contributed by atoms with van der Waals surface area (Å²) < 4.78 is 0. The molecule has 2 atom stereocenters. The fourth-order valence-electron chi connectivity index (χ4n) is 3.76. The number of carboxylic acid groups (broad SMARTS) is 1. The molecule has 0 bridgehead atoms. The van der Waals surface area contributed by atoms with Gasteiger partial charge in [0.1, 0.15) is 0 Å². The summed E-state index contributed by atoms with van der Waals surface area (Å²) in [6.45, 7) is 5.06. The first-order valence-corrected chi connectivity index (χ1v) is 8.37. The molecule has 20 heavy (non-hydrogen) atoms. The van der Waals surface area contributed by atoms with Crippen LogP contribution in [0.1, 0.15) is 58.3 Å². The Bertz CT molecular complexity index is 303. The molecule has 0 aromatic heterocycles. The number of carbonyl (C=O) groups is 1. The summed E-state index contributed by atoms with van der Waals surface area (Å²) in [6, 6.07) is 1.26. The van der Waals surface area contributed by atoms with Gasteiger partial charge in [-0.05, 0) is 25.2 Å². The molecular weight excluding hydrogens is 252 g/mol. The number of hydrogen-bond acceptors (Lipinski definition) is 3. The summed E-state index contributed by atoms with van der Waals surface area (Å²) in [6.07, 6.45) is 9.50. The Morgan fingerprint density at radius 2 is 1.95 bits per heavy atom.